The van der Waals surface area contributed by atoms with Crippen molar-refractivity contribution in [1.29, 1.82) is 0 Å². The molecule has 0 fully saturated rings. The number of benzene rings is 1. The first-order valence-corrected chi connectivity index (χ1v) is 7.13. The number of hydrogen-bond donors (Lipinski definition) is 2. The Morgan fingerprint density at radius 1 is 1.33 bits per heavy atom. The van der Waals surface area contributed by atoms with E-state index in [0.29, 0.717) is 6.54 Å². The highest BCUT2D eigenvalue weighted by Gasteiger charge is 2.12. The van der Waals surface area contributed by atoms with E-state index in [-0.39, 0.29) is 11.9 Å². The number of aryl methyl sites for hydroxylation is 2. The molecule has 0 aliphatic rings. The first-order chi connectivity index (χ1) is 10.1. The van der Waals surface area contributed by atoms with Crippen molar-refractivity contribution in [3.05, 3.63) is 48.0 Å². The molecule has 1 amide bonds. The summed E-state index contributed by atoms with van der Waals surface area (Å²) in [7, 11) is 1.97. The first-order valence-electron chi connectivity index (χ1n) is 7.13. The van der Waals surface area contributed by atoms with Crippen molar-refractivity contribution in [2.75, 3.05) is 11.9 Å². The van der Waals surface area contributed by atoms with Gasteiger partial charge in [-0.05, 0) is 26.0 Å². The third-order valence-electron chi connectivity index (χ3n) is 3.43. The van der Waals surface area contributed by atoms with E-state index in [9.17, 15) is 4.79 Å². The summed E-state index contributed by atoms with van der Waals surface area (Å²) in [6, 6.07) is 7.54. The molecule has 0 saturated carbocycles. The lowest BCUT2D eigenvalue weighted by Crippen LogP contribution is -2.39. The fraction of sp³-hybridized carbons (Fsp3) is 0.375. The quantitative estimate of drug-likeness (QED) is 0.852. The van der Waals surface area contributed by atoms with Crippen LogP contribution in [0.25, 0.3) is 0 Å². The van der Waals surface area contributed by atoms with Crippen LogP contribution in [-0.2, 0) is 18.3 Å². The highest BCUT2D eigenvalue weighted by atomic mass is 16.2. The van der Waals surface area contributed by atoms with E-state index >= 15 is 0 Å². The van der Waals surface area contributed by atoms with Gasteiger partial charge in [0.15, 0.2) is 0 Å². The van der Waals surface area contributed by atoms with Crippen LogP contribution < -0.4 is 10.6 Å². The van der Waals surface area contributed by atoms with Crippen molar-refractivity contribution in [2.45, 2.75) is 26.3 Å². The van der Waals surface area contributed by atoms with Gasteiger partial charge in [-0.25, -0.2) is 4.98 Å². The number of imidazole rings is 1. The molecule has 1 heterocycles. The Balaban J connectivity index is 1.77. The second-order valence-corrected chi connectivity index (χ2v) is 5.24. The van der Waals surface area contributed by atoms with Gasteiger partial charge in [-0.2, -0.15) is 0 Å². The highest BCUT2D eigenvalue weighted by molar-refractivity contribution is 5.94. The van der Waals surface area contributed by atoms with Crippen LogP contribution in [0.1, 0.15) is 18.3 Å². The SMILES string of the molecule is Cc1ccc(NC(=O)C(C)NCCc2nccn2C)cc1. The molecule has 5 heteroatoms. The van der Waals surface area contributed by atoms with Gasteiger partial charge in [0.05, 0.1) is 6.04 Å². The number of hydrogen-bond acceptors (Lipinski definition) is 3. The Kier molecular flexibility index (Phi) is 5.11. The third-order valence-corrected chi connectivity index (χ3v) is 3.43. The molecule has 2 N–H and O–H groups in total. The third kappa shape index (κ3) is 4.43. The number of aromatic nitrogens is 2. The summed E-state index contributed by atoms with van der Waals surface area (Å²) in [4.78, 5) is 16.3. The van der Waals surface area contributed by atoms with Crippen LogP contribution in [0.4, 0.5) is 5.69 Å². The molecule has 1 aromatic heterocycles. The van der Waals surface area contributed by atoms with Gasteiger partial charge in [0.25, 0.3) is 0 Å². The van der Waals surface area contributed by atoms with Crippen LogP contribution >= 0.6 is 0 Å². The monoisotopic (exact) mass is 286 g/mol. The molecule has 21 heavy (non-hydrogen) atoms. The maximum atomic E-state index is 12.1. The largest absolute Gasteiger partial charge is 0.338 e. The van der Waals surface area contributed by atoms with Gasteiger partial charge < -0.3 is 15.2 Å². The molecule has 2 rings (SSSR count). The smallest absolute Gasteiger partial charge is 0.241 e. The van der Waals surface area contributed by atoms with E-state index in [4.69, 9.17) is 0 Å². The molecule has 2 aromatic rings. The van der Waals surface area contributed by atoms with Crippen molar-refractivity contribution < 1.29 is 4.79 Å². The standard InChI is InChI=1S/C16H22N4O/c1-12-4-6-14(7-5-12)19-16(21)13(2)17-9-8-15-18-10-11-20(15)3/h4-7,10-11,13,17H,8-9H2,1-3H3,(H,19,21). The lowest BCUT2D eigenvalue weighted by Gasteiger charge is -2.14. The average molecular weight is 286 g/mol. The van der Waals surface area contributed by atoms with Gasteiger partial charge in [-0.3, -0.25) is 4.79 Å². The molecular formula is C16H22N4O. The summed E-state index contributed by atoms with van der Waals surface area (Å²) in [5, 5.41) is 6.12. The molecule has 1 unspecified atom stereocenters. The molecular weight excluding hydrogens is 264 g/mol. The van der Waals surface area contributed by atoms with Crippen molar-refractivity contribution in [1.82, 2.24) is 14.9 Å². The minimum absolute atomic E-state index is 0.0290. The topological polar surface area (TPSA) is 59.0 Å². The number of carbonyl (C=O) groups is 1. The first kappa shape index (κ1) is 15.3. The number of carbonyl (C=O) groups excluding carboxylic acids is 1. The van der Waals surface area contributed by atoms with Crippen LogP contribution in [0.5, 0.6) is 0 Å². The van der Waals surface area contributed by atoms with E-state index in [1.54, 1.807) is 6.20 Å². The highest BCUT2D eigenvalue weighted by Crippen LogP contribution is 2.08. The van der Waals surface area contributed by atoms with Gasteiger partial charge in [0.1, 0.15) is 5.82 Å². The van der Waals surface area contributed by atoms with Crippen molar-refractivity contribution in [2.24, 2.45) is 7.05 Å². The molecule has 112 valence electrons. The van der Waals surface area contributed by atoms with Crippen LogP contribution in [-0.4, -0.2) is 28.0 Å². The zero-order valence-electron chi connectivity index (χ0n) is 12.8. The van der Waals surface area contributed by atoms with Crippen LogP contribution in [0.2, 0.25) is 0 Å². The van der Waals surface area contributed by atoms with Gasteiger partial charge in [-0.15, -0.1) is 0 Å². The summed E-state index contributed by atoms with van der Waals surface area (Å²) in [6.07, 6.45) is 4.50. The Labute approximate surface area is 125 Å². The Hall–Kier alpha value is -2.14. The van der Waals surface area contributed by atoms with Gasteiger partial charge in [0, 0.05) is 38.1 Å². The number of amides is 1. The van der Waals surface area contributed by atoms with Crippen LogP contribution in [0.15, 0.2) is 36.7 Å². The Morgan fingerprint density at radius 3 is 2.67 bits per heavy atom. The maximum absolute atomic E-state index is 12.1. The lowest BCUT2D eigenvalue weighted by molar-refractivity contribution is -0.117. The van der Waals surface area contributed by atoms with Crippen LogP contribution in [0, 0.1) is 6.92 Å². The number of nitrogens with zero attached hydrogens (tertiary/aromatic N) is 2. The average Bonchev–Trinajstić information content (AvgIpc) is 2.87. The van der Waals surface area contributed by atoms with E-state index in [2.05, 4.69) is 15.6 Å². The fourth-order valence-corrected chi connectivity index (χ4v) is 2.02. The van der Waals surface area contributed by atoms with E-state index < -0.39 is 0 Å². The van der Waals surface area contributed by atoms with Gasteiger partial charge >= 0.3 is 0 Å². The molecule has 0 radical (unpaired) electrons. The second kappa shape index (κ2) is 7.04. The van der Waals surface area contributed by atoms with Gasteiger partial charge in [0.2, 0.25) is 5.91 Å². The summed E-state index contributed by atoms with van der Waals surface area (Å²) in [5.41, 5.74) is 2.00. The minimum Gasteiger partial charge on any atom is -0.338 e. The molecule has 0 saturated heterocycles. The predicted molar refractivity (Wildman–Crippen MR) is 84.2 cm³/mol. The Bertz CT molecular complexity index is 589. The molecule has 1 aromatic carbocycles. The molecule has 0 aliphatic heterocycles. The molecule has 1 atom stereocenters. The number of nitrogens with one attached hydrogen (secondary N) is 2. The normalized spacial score (nSPS) is 12.1. The van der Waals surface area contributed by atoms with Crippen molar-refractivity contribution >= 4 is 11.6 Å². The second-order valence-electron chi connectivity index (χ2n) is 5.24. The fourth-order valence-electron chi connectivity index (χ4n) is 2.02. The minimum atomic E-state index is -0.244. The molecule has 0 aliphatic carbocycles. The lowest BCUT2D eigenvalue weighted by atomic mass is 10.2. The molecule has 0 bridgehead atoms. The molecule has 0 spiro atoms. The zero-order valence-corrected chi connectivity index (χ0v) is 12.8. The predicted octanol–water partition coefficient (Wildman–Crippen LogP) is 1.89. The molecule has 5 nitrogen and oxygen atoms in total. The van der Waals surface area contributed by atoms with Crippen LogP contribution in [0.3, 0.4) is 0 Å². The Morgan fingerprint density at radius 2 is 2.05 bits per heavy atom. The summed E-state index contributed by atoms with van der Waals surface area (Å²) in [6.45, 7) is 4.60. The summed E-state index contributed by atoms with van der Waals surface area (Å²) in [5.74, 6) is 0.979. The van der Waals surface area contributed by atoms with Crippen molar-refractivity contribution in [3.8, 4) is 0 Å². The van der Waals surface area contributed by atoms with Crippen molar-refractivity contribution in [3.63, 3.8) is 0 Å². The van der Waals surface area contributed by atoms with Gasteiger partial charge in [-0.1, -0.05) is 17.7 Å². The zero-order chi connectivity index (χ0) is 15.2. The number of anilines is 1. The van der Waals surface area contributed by atoms with E-state index in [0.717, 1.165) is 17.9 Å². The maximum Gasteiger partial charge on any atom is 0.241 e. The number of rotatable bonds is 6. The van der Waals surface area contributed by atoms with E-state index in [1.165, 1.54) is 5.56 Å². The summed E-state index contributed by atoms with van der Waals surface area (Å²) < 4.78 is 1.98. The summed E-state index contributed by atoms with van der Waals surface area (Å²) >= 11 is 0. The van der Waals surface area contributed by atoms with E-state index in [1.807, 2.05) is 55.9 Å².